The van der Waals surface area contributed by atoms with Crippen molar-refractivity contribution in [1.82, 2.24) is 5.43 Å². The summed E-state index contributed by atoms with van der Waals surface area (Å²) in [5, 5.41) is 1.33. The van der Waals surface area contributed by atoms with Crippen LogP contribution >= 0.6 is 23.2 Å². The van der Waals surface area contributed by atoms with Crippen molar-refractivity contribution in [3.05, 3.63) is 69.2 Å². The van der Waals surface area contributed by atoms with Crippen molar-refractivity contribution in [3.63, 3.8) is 0 Å². The van der Waals surface area contributed by atoms with Crippen molar-refractivity contribution in [2.45, 2.75) is 25.8 Å². The maximum atomic E-state index is 6.20. The third kappa shape index (κ3) is 4.22. The van der Waals surface area contributed by atoms with Crippen LogP contribution in [-0.2, 0) is 12.8 Å². The van der Waals surface area contributed by atoms with Crippen molar-refractivity contribution in [2.75, 3.05) is 0 Å². The molecule has 20 heavy (non-hydrogen) atoms. The van der Waals surface area contributed by atoms with E-state index < -0.39 is 0 Å². The van der Waals surface area contributed by atoms with Gasteiger partial charge in [0.2, 0.25) is 0 Å². The van der Waals surface area contributed by atoms with Crippen molar-refractivity contribution in [3.8, 4) is 0 Å². The number of aryl methyl sites for hydroxylation is 1. The van der Waals surface area contributed by atoms with Gasteiger partial charge >= 0.3 is 0 Å². The minimum atomic E-state index is 0.136. The summed E-state index contributed by atoms with van der Waals surface area (Å²) in [6.07, 6.45) is 1.62. The molecule has 0 fully saturated rings. The van der Waals surface area contributed by atoms with Gasteiger partial charge in [-0.3, -0.25) is 11.3 Å². The Kier molecular flexibility index (Phi) is 5.44. The molecule has 1 unspecified atom stereocenters. The SMILES string of the molecule is Cc1ccc(CC(Cc2ccc(Cl)cc2Cl)NN)cc1. The summed E-state index contributed by atoms with van der Waals surface area (Å²) in [6.45, 7) is 2.08. The Morgan fingerprint density at radius 3 is 2.35 bits per heavy atom. The van der Waals surface area contributed by atoms with Crippen LogP contribution in [0.15, 0.2) is 42.5 Å². The maximum absolute atomic E-state index is 6.20. The smallest absolute Gasteiger partial charge is 0.0453 e. The molecule has 0 bridgehead atoms. The van der Waals surface area contributed by atoms with Crippen LogP contribution < -0.4 is 11.3 Å². The van der Waals surface area contributed by atoms with Gasteiger partial charge in [-0.25, -0.2) is 0 Å². The predicted octanol–water partition coefficient (Wildman–Crippen LogP) is 3.92. The van der Waals surface area contributed by atoms with Crippen molar-refractivity contribution in [2.24, 2.45) is 5.84 Å². The fraction of sp³-hybridized carbons (Fsp3) is 0.250. The van der Waals surface area contributed by atoms with Gasteiger partial charge in [0.1, 0.15) is 0 Å². The van der Waals surface area contributed by atoms with Crippen LogP contribution in [0.4, 0.5) is 0 Å². The standard InChI is InChI=1S/C16H18Cl2N2/c1-11-2-4-12(5-3-11)8-15(20-19)9-13-6-7-14(17)10-16(13)18/h2-7,10,15,20H,8-9,19H2,1H3. The van der Waals surface area contributed by atoms with Crippen molar-refractivity contribution in [1.29, 1.82) is 0 Å². The third-order valence-electron chi connectivity index (χ3n) is 3.32. The second-order valence-electron chi connectivity index (χ2n) is 4.99. The fourth-order valence-electron chi connectivity index (χ4n) is 2.15. The fourth-order valence-corrected chi connectivity index (χ4v) is 2.64. The lowest BCUT2D eigenvalue weighted by atomic mass is 9.99. The van der Waals surface area contributed by atoms with E-state index in [0.717, 1.165) is 18.4 Å². The molecule has 0 aliphatic rings. The Bertz CT molecular complexity index is 567. The quantitative estimate of drug-likeness (QED) is 0.649. The number of nitrogens with two attached hydrogens (primary N) is 1. The van der Waals surface area contributed by atoms with E-state index in [0.29, 0.717) is 10.0 Å². The average molecular weight is 309 g/mol. The summed E-state index contributed by atoms with van der Waals surface area (Å²) in [6, 6.07) is 14.2. The molecule has 0 saturated heterocycles. The molecule has 1 atom stereocenters. The molecule has 2 aromatic rings. The van der Waals surface area contributed by atoms with Gasteiger partial charge in [0.15, 0.2) is 0 Å². The van der Waals surface area contributed by atoms with E-state index in [2.05, 4.69) is 36.6 Å². The van der Waals surface area contributed by atoms with Crippen LogP contribution in [0.2, 0.25) is 10.0 Å². The van der Waals surface area contributed by atoms with Gasteiger partial charge in [-0.2, -0.15) is 0 Å². The van der Waals surface area contributed by atoms with Crippen molar-refractivity contribution < 1.29 is 0 Å². The highest BCUT2D eigenvalue weighted by atomic mass is 35.5. The van der Waals surface area contributed by atoms with E-state index in [9.17, 15) is 0 Å². The molecule has 0 spiro atoms. The van der Waals surface area contributed by atoms with Crippen LogP contribution in [-0.4, -0.2) is 6.04 Å². The minimum absolute atomic E-state index is 0.136. The van der Waals surface area contributed by atoms with Crippen LogP contribution in [0.5, 0.6) is 0 Å². The lowest BCUT2D eigenvalue weighted by Gasteiger charge is -2.17. The van der Waals surface area contributed by atoms with Crippen molar-refractivity contribution >= 4 is 23.2 Å². The highest BCUT2D eigenvalue weighted by molar-refractivity contribution is 6.35. The molecule has 0 aliphatic carbocycles. The van der Waals surface area contributed by atoms with Crippen LogP contribution in [0, 0.1) is 6.92 Å². The van der Waals surface area contributed by atoms with Gasteiger partial charge in [0, 0.05) is 16.1 Å². The van der Waals surface area contributed by atoms with E-state index >= 15 is 0 Å². The van der Waals surface area contributed by atoms with Crippen LogP contribution in [0.1, 0.15) is 16.7 Å². The van der Waals surface area contributed by atoms with E-state index in [4.69, 9.17) is 29.0 Å². The average Bonchev–Trinajstić information content (AvgIpc) is 2.43. The van der Waals surface area contributed by atoms with E-state index in [1.165, 1.54) is 11.1 Å². The summed E-state index contributed by atoms with van der Waals surface area (Å²) in [5.41, 5.74) is 6.42. The molecule has 3 N–H and O–H groups in total. The normalized spacial score (nSPS) is 12.4. The molecule has 106 valence electrons. The zero-order valence-electron chi connectivity index (χ0n) is 11.4. The lowest BCUT2D eigenvalue weighted by molar-refractivity contribution is 0.522. The summed E-state index contributed by atoms with van der Waals surface area (Å²) in [5.74, 6) is 5.66. The number of hydrogen-bond donors (Lipinski definition) is 2. The zero-order chi connectivity index (χ0) is 14.5. The number of hydrazine groups is 1. The minimum Gasteiger partial charge on any atom is -0.271 e. The Labute approximate surface area is 129 Å². The summed E-state index contributed by atoms with van der Waals surface area (Å²) in [7, 11) is 0. The first-order chi connectivity index (χ1) is 9.58. The highest BCUT2D eigenvalue weighted by Crippen LogP contribution is 2.22. The number of nitrogens with one attached hydrogen (secondary N) is 1. The lowest BCUT2D eigenvalue weighted by Crippen LogP contribution is -2.38. The number of halogens is 2. The van der Waals surface area contributed by atoms with E-state index in [1.54, 1.807) is 6.07 Å². The summed E-state index contributed by atoms with van der Waals surface area (Å²) >= 11 is 12.1. The van der Waals surface area contributed by atoms with Gasteiger partial charge in [0.25, 0.3) is 0 Å². The Hall–Kier alpha value is -1.06. The Morgan fingerprint density at radius 1 is 1.05 bits per heavy atom. The molecule has 0 radical (unpaired) electrons. The largest absolute Gasteiger partial charge is 0.271 e. The number of hydrogen-bond acceptors (Lipinski definition) is 2. The Balaban J connectivity index is 2.07. The third-order valence-corrected chi connectivity index (χ3v) is 3.91. The molecule has 0 heterocycles. The molecular formula is C16H18Cl2N2. The molecule has 4 heteroatoms. The molecule has 2 aromatic carbocycles. The van der Waals surface area contributed by atoms with Crippen LogP contribution in [0.25, 0.3) is 0 Å². The maximum Gasteiger partial charge on any atom is 0.0453 e. The van der Waals surface area contributed by atoms with Crippen LogP contribution in [0.3, 0.4) is 0 Å². The van der Waals surface area contributed by atoms with Gasteiger partial charge in [-0.15, -0.1) is 0 Å². The monoisotopic (exact) mass is 308 g/mol. The van der Waals surface area contributed by atoms with Gasteiger partial charge in [-0.05, 0) is 43.0 Å². The van der Waals surface area contributed by atoms with E-state index in [-0.39, 0.29) is 6.04 Å². The molecule has 2 nitrogen and oxygen atoms in total. The predicted molar refractivity (Wildman–Crippen MR) is 86.2 cm³/mol. The summed E-state index contributed by atoms with van der Waals surface area (Å²) in [4.78, 5) is 0. The Morgan fingerprint density at radius 2 is 1.75 bits per heavy atom. The second kappa shape index (κ2) is 7.09. The first-order valence-electron chi connectivity index (χ1n) is 6.54. The molecule has 0 saturated carbocycles. The van der Waals surface area contributed by atoms with Gasteiger partial charge < -0.3 is 0 Å². The molecule has 2 rings (SSSR count). The first kappa shape index (κ1) is 15.3. The second-order valence-corrected chi connectivity index (χ2v) is 5.84. The number of benzene rings is 2. The molecule has 0 aromatic heterocycles. The molecular weight excluding hydrogens is 291 g/mol. The number of rotatable bonds is 5. The molecule has 0 amide bonds. The highest BCUT2D eigenvalue weighted by Gasteiger charge is 2.11. The summed E-state index contributed by atoms with van der Waals surface area (Å²) < 4.78 is 0. The topological polar surface area (TPSA) is 38.0 Å². The van der Waals surface area contributed by atoms with Gasteiger partial charge in [-0.1, -0.05) is 59.1 Å². The van der Waals surface area contributed by atoms with Gasteiger partial charge in [0.05, 0.1) is 0 Å². The first-order valence-corrected chi connectivity index (χ1v) is 7.29. The van der Waals surface area contributed by atoms with E-state index in [1.807, 2.05) is 12.1 Å². The zero-order valence-corrected chi connectivity index (χ0v) is 12.9. The molecule has 0 aliphatic heterocycles.